The number of aromatic nitrogens is 4. The Bertz CT molecular complexity index is 2530. The second-order valence-electron chi connectivity index (χ2n) is 19.8. The number of hydrogen-bond donors (Lipinski definition) is 0. The number of rotatable bonds is 19. The molecule has 0 spiro atoms. The van der Waals surface area contributed by atoms with Gasteiger partial charge in [-0.15, -0.1) is 22.1 Å². The number of carbonyl (C=O) groups is 4. The zero-order valence-corrected chi connectivity index (χ0v) is 43.3. The molecule has 0 fully saturated rings. The average molecular weight is 910 g/mol. The minimum Gasteiger partial charge on any atom is -0.657 e. The molecular weight excluding hydrogens is 837 g/mol. The van der Waals surface area contributed by atoms with Crippen LogP contribution in [-0.2, 0) is 19.1 Å². The molecule has 0 N–H and O–H groups in total. The fraction of sp³-hybridized carbons (Fsp3) is 0.564. The molecule has 11 heteroatoms. The molecule has 350 valence electrons. The van der Waals surface area contributed by atoms with Gasteiger partial charge in [-0.3, -0.25) is 29.1 Å². The van der Waals surface area contributed by atoms with Gasteiger partial charge in [0.25, 0.3) is 0 Å². The van der Waals surface area contributed by atoms with Gasteiger partial charge in [-0.1, -0.05) is 127 Å². The zero-order chi connectivity index (χ0) is 47.3. The van der Waals surface area contributed by atoms with E-state index in [4.69, 9.17) is 29.4 Å². The van der Waals surface area contributed by atoms with Crippen molar-refractivity contribution in [3.63, 3.8) is 0 Å². The third kappa shape index (κ3) is 11.7. The van der Waals surface area contributed by atoms with E-state index in [0.29, 0.717) is 73.7 Å². The van der Waals surface area contributed by atoms with Crippen LogP contribution in [0.4, 0.5) is 0 Å². The minimum atomic E-state index is -1.26. The summed E-state index contributed by atoms with van der Waals surface area (Å²) in [5, 5.41) is 0. The second kappa shape index (κ2) is 23.1. The predicted molar refractivity (Wildman–Crippen MR) is 265 cm³/mol. The quantitative estimate of drug-likeness (QED) is 0.0375. The van der Waals surface area contributed by atoms with Gasteiger partial charge < -0.3 is 19.4 Å². The Hall–Kier alpha value is -4.35. The summed E-state index contributed by atoms with van der Waals surface area (Å²) in [6.45, 7) is 23.0. The van der Waals surface area contributed by atoms with E-state index in [2.05, 4.69) is 41.5 Å². The van der Waals surface area contributed by atoms with Crippen molar-refractivity contribution in [3.8, 4) is 0 Å². The van der Waals surface area contributed by atoms with E-state index in [1.54, 1.807) is 6.92 Å². The fourth-order valence-corrected chi connectivity index (χ4v) is 10.3. The van der Waals surface area contributed by atoms with Crippen molar-refractivity contribution in [2.75, 3.05) is 13.7 Å². The molecule has 0 saturated heterocycles. The summed E-state index contributed by atoms with van der Waals surface area (Å²) in [5.41, 5.74) is 9.66. The van der Waals surface area contributed by atoms with Crippen molar-refractivity contribution in [1.82, 2.24) is 19.9 Å². The Morgan fingerprint density at radius 3 is 2.09 bits per heavy atom. The topological polar surface area (TPSA) is 141 Å². The van der Waals surface area contributed by atoms with Crippen LogP contribution in [0.15, 0.2) is 35.9 Å². The molecular formula is C55H72MgN4O6. The fourth-order valence-electron chi connectivity index (χ4n) is 10.3. The molecule has 10 nitrogen and oxygen atoms in total. The summed E-state index contributed by atoms with van der Waals surface area (Å²) in [5.74, 6) is -1.17. The number of allylic oxidation sites excluding steroid dienone is 3. The summed E-state index contributed by atoms with van der Waals surface area (Å²) in [7, 11) is 1.28. The maximum atomic E-state index is 14.4. The Morgan fingerprint density at radius 1 is 0.818 bits per heavy atom. The number of fused-ring (bicyclic) bond motifs is 8. The van der Waals surface area contributed by atoms with Crippen molar-refractivity contribution in [2.24, 2.45) is 17.8 Å². The monoisotopic (exact) mass is 909 g/mol. The maximum absolute atomic E-state index is 14.4. The smallest absolute Gasteiger partial charge is 0.657 e. The first kappa shape index (κ1) is 52.6. The molecule has 0 radical (unpaired) electrons. The van der Waals surface area contributed by atoms with Crippen molar-refractivity contribution in [1.29, 1.82) is 0 Å². The molecule has 3 aromatic rings. The average Bonchev–Trinajstić information content (AvgIpc) is 4.00. The van der Waals surface area contributed by atoms with Crippen LogP contribution < -0.4 is 9.97 Å². The zero-order valence-electron chi connectivity index (χ0n) is 41.9. The molecule has 6 rings (SSSR count). The Morgan fingerprint density at radius 2 is 1.45 bits per heavy atom. The van der Waals surface area contributed by atoms with Gasteiger partial charge in [-0.05, 0) is 88.8 Å². The van der Waals surface area contributed by atoms with Crippen molar-refractivity contribution >= 4 is 74.2 Å². The third-order valence-electron chi connectivity index (χ3n) is 14.4. The predicted octanol–water partition coefficient (Wildman–Crippen LogP) is 12.3. The molecule has 0 saturated carbocycles. The van der Waals surface area contributed by atoms with Gasteiger partial charge in [0, 0.05) is 52.4 Å². The van der Waals surface area contributed by atoms with Crippen molar-refractivity contribution < 1.29 is 28.7 Å². The number of ketones is 2. The van der Waals surface area contributed by atoms with Crippen LogP contribution in [-0.4, -0.2) is 70.2 Å². The Labute approximate surface area is 409 Å². The molecule has 66 heavy (non-hydrogen) atoms. The van der Waals surface area contributed by atoms with Crippen LogP contribution in [0.3, 0.4) is 0 Å². The Balaban J connectivity index is 0.00000817. The van der Waals surface area contributed by atoms with E-state index in [-0.39, 0.29) is 71.4 Å². The molecule has 5 heterocycles. The number of aryl methyl sites for hydroxylation is 2. The van der Waals surface area contributed by atoms with Crippen LogP contribution in [0.1, 0.15) is 217 Å². The van der Waals surface area contributed by atoms with Crippen LogP contribution in [0.5, 0.6) is 0 Å². The van der Waals surface area contributed by atoms with Crippen LogP contribution in [0.25, 0.3) is 27.6 Å². The van der Waals surface area contributed by atoms with Gasteiger partial charge >= 0.3 is 35.0 Å². The van der Waals surface area contributed by atoms with Gasteiger partial charge in [0.05, 0.1) is 12.8 Å². The molecule has 0 aromatic carbocycles. The first-order valence-corrected chi connectivity index (χ1v) is 24.2. The number of carbonyl (C=O) groups excluding carboxylic acids is 4. The van der Waals surface area contributed by atoms with Crippen molar-refractivity contribution in [2.45, 2.75) is 170 Å². The number of methoxy groups -OCH3 is 1. The van der Waals surface area contributed by atoms with Crippen LogP contribution >= 0.6 is 0 Å². The molecule has 2 aliphatic heterocycles. The normalized spacial score (nSPS) is 19.6. The molecule has 1 unspecified atom stereocenters. The number of esters is 2. The summed E-state index contributed by atoms with van der Waals surface area (Å²) in [4.78, 5) is 74.8. The largest absolute Gasteiger partial charge is 2.00 e. The van der Waals surface area contributed by atoms with Gasteiger partial charge in [0.2, 0.25) is 0 Å². The van der Waals surface area contributed by atoms with E-state index in [0.717, 1.165) is 41.5 Å². The third-order valence-corrected chi connectivity index (χ3v) is 14.4. The van der Waals surface area contributed by atoms with Gasteiger partial charge in [0.15, 0.2) is 11.6 Å². The van der Waals surface area contributed by atoms with E-state index >= 15 is 0 Å². The summed E-state index contributed by atoms with van der Waals surface area (Å²) < 4.78 is 11.0. The molecule has 3 aromatic heterocycles. The van der Waals surface area contributed by atoms with E-state index in [9.17, 15) is 19.2 Å². The maximum Gasteiger partial charge on any atom is 2.00 e. The molecule has 1 aliphatic carbocycles. The molecule has 8 bridgehead atoms. The van der Waals surface area contributed by atoms with Crippen LogP contribution in [0.2, 0.25) is 0 Å². The van der Waals surface area contributed by atoms with Crippen molar-refractivity contribution in [3.05, 3.63) is 86.5 Å². The van der Waals surface area contributed by atoms with E-state index < -0.39 is 11.9 Å². The molecule has 0 amide bonds. The number of ether oxygens (including phenoxy) is 2. The van der Waals surface area contributed by atoms with Gasteiger partial charge in [-0.25, -0.2) is 0 Å². The minimum absolute atomic E-state index is 0. The number of hydrogen-bond acceptors (Lipinski definition) is 8. The Kier molecular flexibility index (Phi) is 18.4. The summed E-state index contributed by atoms with van der Waals surface area (Å²) >= 11 is 0. The first-order valence-electron chi connectivity index (χ1n) is 24.2. The van der Waals surface area contributed by atoms with Crippen LogP contribution in [0, 0.1) is 31.6 Å². The number of nitrogens with zero attached hydrogens (tertiary/aromatic N) is 4. The van der Waals surface area contributed by atoms with E-state index in [1.807, 2.05) is 58.0 Å². The van der Waals surface area contributed by atoms with Gasteiger partial charge in [0.1, 0.15) is 12.5 Å². The second-order valence-corrected chi connectivity index (χ2v) is 19.8. The number of Topliss-reactive ketones (excluding diaryl/α,β-unsaturated/α-hetero) is 2. The SMILES string of the molecule is CC=C1c2cc3[n-]c4c(c3C)C(=O)[C@H](C(=O)OC)c4c3nc(cc4[n-]c(cc(n2)C1C)c(C(C)=O)c4C)[C@@H](C)[C@@H]3CCC(=O)OC/C=C(\C)CCC[C@H](C)CCC[C@H](C)CCCC(C)C.[Mg+2]. The van der Waals surface area contributed by atoms with Gasteiger partial charge in [-0.2, -0.15) is 0 Å². The summed E-state index contributed by atoms with van der Waals surface area (Å²) in [6.07, 6.45) is 15.7. The van der Waals surface area contributed by atoms with E-state index in [1.165, 1.54) is 57.6 Å². The molecule has 3 aliphatic rings. The molecule has 6 atom stereocenters. The standard InChI is InChI=1S/C55H73N4O6.Mg/c1-13-39-34(7)41-29-46-48(38(11)60)36(9)43(57-46)27-42-35(8)40(52(58-42)50-51(55(63)64-12)54(62)49-37(10)44(59-53(49)50)28-45(39)56-41)23-24-47(61)65-26-25-33(6)22-16-21-32(5)20-15-19-31(4)18-14-17-30(2)3;/h13,25,27-32,34-35,40,51H,14-24,26H2,1-12H3,(H-,56,57,58,59,60,62);/q-1;+2/p-1/b33-25+,39-13?;/t31-,32-,34?,35+,40+,51-;/m1./s1. The first-order chi connectivity index (χ1) is 30.9. The summed E-state index contributed by atoms with van der Waals surface area (Å²) in [6, 6.07) is 5.67.